The van der Waals surface area contributed by atoms with Gasteiger partial charge in [0.05, 0.1) is 17.4 Å². The topological polar surface area (TPSA) is 59.1 Å². The summed E-state index contributed by atoms with van der Waals surface area (Å²) < 4.78 is 41.7. The normalized spacial score (nSPS) is 22.3. The summed E-state index contributed by atoms with van der Waals surface area (Å²) in [7, 11) is 0. The summed E-state index contributed by atoms with van der Waals surface area (Å²) >= 11 is 0. The third kappa shape index (κ3) is 3.88. The number of fused-ring (bicyclic) bond motifs is 1. The van der Waals surface area contributed by atoms with E-state index >= 15 is 0 Å². The Kier molecular flexibility index (Phi) is 5.28. The number of anilines is 2. The number of rotatable bonds is 4. The number of alkyl halides is 3. The van der Waals surface area contributed by atoms with E-state index in [1.54, 1.807) is 48.5 Å². The Morgan fingerprint density at radius 3 is 2.09 bits per heavy atom. The Morgan fingerprint density at radius 2 is 1.47 bits per heavy atom. The van der Waals surface area contributed by atoms with E-state index in [9.17, 15) is 22.8 Å². The molecule has 0 unspecified atom stereocenters. The minimum atomic E-state index is -4.82. The van der Waals surface area contributed by atoms with E-state index in [0.717, 1.165) is 10.5 Å². The highest BCUT2D eigenvalue weighted by molar-refractivity contribution is 6.23. The molecule has 0 spiro atoms. The van der Waals surface area contributed by atoms with E-state index in [1.165, 1.54) is 29.3 Å². The number of nitrogens with zero attached hydrogens (tertiary/aromatic N) is 2. The summed E-state index contributed by atoms with van der Waals surface area (Å²) in [5.74, 6) is -2.19. The molecule has 2 aliphatic rings. The van der Waals surface area contributed by atoms with Gasteiger partial charge in [-0.25, -0.2) is 9.96 Å². The molecule has 3 aromatic rings. The molecule has 2 saturated heterocycles. The number of ether oxygens (including phenoxy) is 1. The molecule has 0 radical (unpaired) electrons. The van der Waals surface area contributed by atoms with Crippen molar-refractivity contribution in [2.45, 2.75) is 25.4 Å². The summed E-state index contributed by atoms with van der Waals surface area (Å²) in [6.45, 7) is 1.90. The number of carbonyl (C=O) groups is 2. The fourth-order valence-corrected chi connectivity index (χ4v) is 4.37. The monoisotopic (exact) mass is 468 g/mol. The zero-order valence-electron chi connectivity index (χ0n) is 17.9. The number of hydrogen-bond donors (Lipinski definition) is 0. The highest BCUT2D eigenvalue weighted by Gasteiger charge is 2.60. The van der Waals surface area contributed by atoms with Crippen LogP contribution in [0.2, 0.25) is 0 Å². The van der Waals surface area contributed by atoms with Gasteiger partial charge in [-0.2, -0.15) is 0 Å². The zero-order valence-corrected chi connectivity index (χ0v) is 17.9. The molecule has 3 aromatic carbocycles. The third-order valence-corrected chi connectivity index (χ3v) is 5.87. The molecule has 0 saturated carbocycles. The second kappa shape index (κ2) is 8.18. The number of halogens is 3. The zero-order chi connectivity index (χ0) is 24.0. The SMILES string of the molecule is Cc1ccc(N2C(=O)[C@H]3[C@H](ON(c4ccccc4)[C@@H]3c3ccc(OC(F)(F)F)cc3)C2=O)cc1. The van der Waals surface area contributed by atoms with Crippen LogP contribution in [0.4, 0.5) is 24.5 Å². The minimum Gasteiger partial charge on any atom is -0.406 e. The van der Waals surface area contributed by atoms with Crippen molar-refractivity contribution in [1.29, 1.82) is 0 Å². The van der Waals surface area contributed by atoms with Crippen LogP contribution < -0.4 is 14.7 Å². The first-order chi connectivity index (χ1) is 16.2. The van der Waals surface area contributed by atoms with Gasteiger partial charge in [0, 0.05) is 0 Å². The molecular formula is C25H19F3N2O4. The van der Waals surface area contributed by atoms with Gasteiger partial charge in [-0.3, -0.25) is 14.4 Å². The largest absolute Gasteiger partial charge is 0.573 e. The molecule has 0 aliphatic carbocycles. The van der Waals surface area contributed by atoms with Crippen LogP contribution in [0, 0.1) is 12.8 Å². The van der Waals surface area contributed by atoms with Crippen LogP contribution in [0.15, 0.2) is 78.9 Å². The first kappa shape index (κ1) is 22.0. The number of aryl methyl sites for hydroxylation is 1. The smallest absolute Gasteiger partial charge is 0.406 e. The highest BCUT2D eigenvalue weighted by atomic mass is 19.4. The van der Waals surface area contributed by atoms with E-state index < -0.39 is 36.2 Å². The number of para-hydroxylation sites is 1. The number of hydroxylamine groups is 1. The van der Waals surface area contributed by atoms with Crippen LogP contribution in [0.3, 0.4) is 0 Å². The Hall–Kier alpha value is -3.85. The van der Waals surface area contributed by atoms with Gasteiger partial charge in [-0.15, -0.1) is 13.2 Å². The fourth-order valence-electron chi connectivity index (χ4n) is 4.37. The Morgan fingerprint density at radius 1 is 0.824 bits per heavy atom. The summed E-state index contributed by atoms with van der Waals surface area (Å²) in [6.07, 6.45) is -5.88. The summed E-state index contributed by atoms with van der Waals surface area (Å²) in [6, 6.07) is 20.4. The summed E-state index contributed by atoms with van der Waals surface area (Å²) in [5, 5.41) is 1.48. The summed E-state index contributed by atoms with van der Waals surface area (Å²) in [4.78, 5) is 33.9. The molecule has 2 fully saturated rings. The molecule has 2 amide bonds. The summed E-state index contributed by atoms with van der Waals surface area (Å²) in [5.41, 5.74) is 2.55. The first-order valence-corrected chi connectivity index (χ1v) is 10.5. The van der Waals surface area contributed by atoms with Crippen LogP contribution >= 0.6 is 0 Å². The van der Waals surface area contributed by atoms with Crippen LogP contribution in [-0.2, 0) is 14.4 Å². The third-order valence-electron chi connectivity index (χ3n) is 5.87. The number of benzene rings is 3. The maximum Gasteiger partial charge on any atom is 0.573 e. The van der Waals surface area contributed by atoms with Crippen molar-refractivity contribution in [1.82, 2.24) is 0 Å². The van der Waals surface area contributed by atoms with Gasteiger partial charge in [0.1, 0.15) is 11.7 Å². The number of amides is 2. The Balaban J connectivity index is 1.53. The molecule has 174 valence electrons. The van der Waals surface area contributed by atoms with E-state index in [-0.39, 0.29) is 5.75 Å². The first-order valence-electron chi connectivity index (χ1n) is 10.5. The van der Waals surface area contributed by atoms with Gasteiger partial charge in [-0.05, 0) is 48.9 Å². The van der Waals surface area contributed by atoms with Gasteiger partial charge in [0.2, 0.25) is 5.91 Å². The lowest BCUT2D eigenvalue weighted by molar-refractivity contribution is -0.274. The van der Waals surface area contributed by atoms with Gasteiger partial charge in [0.15, 0.2) is 6.10 Å². The number of imide groups is 1. The second-order valence-electron chi connectivity index (χ2n) is 8.12. The van der Waals surface area contributed by atoms with Crippen molar-refractivity contribution in [3.8, 4) is 5.75 Å². The highest BCUT2D eigenvalue weighted by Crippen LogP contribution is 2.47. The lowest BCUT2D eigenvalue weighted by atomic mass is 9.90. The average Bonchev–Trinajstić information content (AvgIpc) is 3.31. The molecule has 0 aromatic heterocycles. The number of hydrogen-bond acceptors (Lipinski definition) is 5. The fraction of sp³-hybridized carbons (Fsp3) is 0.200. The van der Waals surface area contributed by atoms with Crippen molar-refractivity contribution < 1.29 is 32.3 Å². The van der Waals surface area contributed by atoms with Crippen molar-refractivity contribution >= 4 is 23.2 Å². The molecule has 0 N–H and O–H groups in total. The van der Waals surface area contributed by atoms with Gasteiger partial charge in [-0.1, -0.05) is 48.0 Å². The van der Waals surface area contributed by atoms with Crippen molar-refractivity contribution in [3.05, 3.63) is 90.0 Å². The maximum absolute atomic E-state index is 13.5. The molecule has 5 rings (SSSR count). The molecule has 0 bridgehead atoms. The van der Waals surface area contributed by atoms with E-state index in [2.05, 4.69) is 4.74 Å². The van der Waals surface area contributed by atoms with Crippen LogP contribution in [0.25, 0.3) is 0 Å². The lowest BCUT2D eigenvalue weighted by Crippen LogP contribution is -2.37. The maximum atomic E-state index is 13.5. The minimum absolute atomic E-state index is 0.381. The van der Waals surface area contributed by atoms with E-state index in [0.29, 0.717) is 16.9 Å². The Labute approximate surface area is 193 Å². The molecule has 9 heteroatoms. The molecule has 34 heavy (non-hydrogen) atoms. The van der Waals surface area contributed by atoms with Gasteiger partial charge < -0.3 is 4.74 Å². The van der Waals surface area contributed by atoms with Crippen LogP contribution in [-0.4, -0.2) is 24.3 Å². The molecule has 2 heterocycles. The average molecular weight is 468 g/mol. The Bertz CT molecular complexity index is 1210. The lowest BCUT2D eigenvalue weighted by Gasteiger charge is -2.29. The van der Waals surface area contributed by atoms with Crippen LogP contribution in [0.1, 0.15) is 17.2 Å². The van der Waals surface area contributed by atoms with Crippen molar-refractivity contribution in [2.24, 2.45) is 5.92 Å². The van der Waals surface area contributed by atoms with E-state index in [4.69, 9.17) is 4.84 Å². The van der Waals surface area contributed by atoms with Crippen molar-refractivity contribution in [3.63, 3.8) is 0 Å². The molecule has 2 aliphatic heterocycles. The van der Waals surface area contributed by atoms with Gasteiger partial charge >= 0.3 is 6.36 Å². The van der Waals surface area contributed by atoms with E-state index in [1.807, 2.05) is 13.0 Å². The van der Waals surface area contributed by atoms with Crippen LogP contribution in [0.5, 0.6) is 5.75 Å². The number of carbonyl (C=O) groups excluding carboxylic acids is 2. The van der Waals surface area contributed by atoms with Crippen molar-refractivity contribution in [2.75, 3.05) is 9.96 Å². The predicted molar refractivity (Wildman–Crippen MR) is 117 cm³/mol. The van der Waals surface area contributed by atoms with Gasteiger partial charge in [0.25, 0.3) is 5.91 Å². The second-order valence-corrected chi connectivity index (χ2v) is 8.12. The quantitative estimate of drug-likeness (QED) is 0.508. The standard InChI is InChI=1S/C25H19F3N2O4/c1-15-7-11-17(12-8-15)29-23(31)20-21(16-9-13-19(14-10-16)33-25(26,27)28)30(34-22(20)24(29)32)18-5-3-2-4-6-18/h2-14,20-22H,1H3/t20-,21-,22+/m1/s1. The predicted octanol–water partition coefficient (Wildman–Crippen LogP) is 4.94. The molecule has 6 nitrogen and oxygen atoms in total. The molecule has 3 atom stereocenters. The molecular weight excluding hydrogens is 449 g/mol.